The van der Waals surface area contributed by atoms with Crippen molar-refractivity contribution in [2.24, 2.45) is 0 Å². The number of halogens is 1. The van der Waals surface area contributed by atoms with Gasteiger partial charge in [-0.1, -0.05) is 0 Å². The van der Waals surface area contributed by atoms with Crippen LogP contribution in [0.3, 0.4) is 0 Å². The van der Waals surface area contributed by atoms with E-state index >= 15 is 0 Å². The highest BCUT2D eigenvalue weighted by molar-refractivity contribution is 5.93. The van der Waals surface area contributed by atoms with Gasteiger partial charge in [0.15, 0.2) is 0 Å². The van der Waals surface area contributed by atoms with Crippen LogP contribution >= 0.6 is 12.4 Å². The average molecular weight is 316 g/mol. The predicted octanol–water partition coefficient (Wildman–Crippen LogP) is 1.73. The first-order valence-corrected chi connectivity index (χ1v) is 7.51. The molecule has 1 saturated heterocycles. The van der Waals surface area contributed by atoms with Crippen molar-refractivity contribution in [2.75, 3.05) is 19.7 Å². The summed E-state index contributed by atoms with van der Waals surface area (Å²) in [5.74, 6) is -0.0148. The van der Waals surface area contributed by atoms with E-state index in [4.69, 9.17) is 5.11 Å². The van der Waals surface area contributed by atoms with E-state index in [0.29, 0.717) is 6.04 Å². The van der Waals surface area contributed by atoms with E-state index in [1.807, 2.05) is 25.3 Å². The zero-order chi connectivity index (χ0) is 14.4. The highest BCUT2D eigenvalue weighted by atomic mass is 35.5. The zero-order valence-corrected chi connectivity index (χ0v) is 13.4. The van der Waals surface area contributed by atoms with Crippen molar-refractivity contribution < 1.29 is 9.90 Å². The zero-order valence-electron chi connectivity index (χ0n) is 12.5. The fraction of sp³-hybridized carbons (Fsp3) is 0.667. The molecule has 0 radical (unpaired) electrons. The number of aliphatic hydroxyl groups excluding tert-OH is 1. The number of carbonyl (C=O) groups excluding carboxylic acids is 1. The molecule has 0 saturated carbocycles. The summed E-state index contributed by atoms with van der Waals surface area (Å²) in [6.07, 6.45) is 5.65. The van der Waals surface area contributed by atoms with E-state index in [1.165, 1.54) is 0 Å². The topological polar surface area (TPSA) is 66.3 Å². The molecule has 3 N–H and O–H groups in total. The van der Waals surface area contributed by atoms with Crippen LogP contribution in [0.5, 0.6) is 0 Å². The number of hydrogen-bond donors (Lipinski definition) is 3. The second kappa shape index (κ2) is 9.07. The number of aromatic nitrogens is 1. The van der Waals surface area contributed by atoms with Crippen LogP contribution in [0, 0.1) is 0 Å². The predicted molar refractivity (Wildman–Crippen MR) is 86.1 cm³/mol. The third-order valence-corrected chi connectivity index (χ3v) is 3.89. The van der Waals surface area contributed by atoms with Crippen LogP contribution in [-0.4, -0.2) is 41.3 Å². The first kappa shape index (κ1) is 18.0. The summed E-state index contributed by atoms with van der Waals surface area (Å²) < 4.78 is 2.11. The number of amides is 1. The van der Waals surface area contributed by atoms with Crippen molar-refractivity contribution in [3.05, 3.63) is 24.0 Å². The van der Waals surface area contributed by atoms with Gasteiger partial charge in [-0.2, -0.15) is 0 Å². The van der Waals surface area contributed by atoms with Crippen LogP contribution in [0.1, 0.15) is 49.1 Å². The Labute approximate surface area is 132 Å². The van der Waals surface area contributed by atoms with Gasteiger partial charge in [-0.15, -0.1) is 12.4 Å². The van der Waals surface area contributed by atoms with E-state index in [-0.39, 0.29) is 31.0 Å². The Balaban J connectivity index is 0.00000220. The molecule has 5 nitrogen and oxygen atoms in total. The smallest absolute Gasteiger partial charge is 0.268 e. The quantitative estimate of drug-likeness (QED) is 0.749. The highest BCUT2D eigenvalue weighted by Crippen LogP contribution is 2.21. The minimum Gasteiger partial charge on any atom is -0.396 e. The van der Waals surface area contributed by atoms with Crippen molar-refractivity contribution in [2.45, 2.75) is 44.7 Å². The lowest BCUT2D eigenvalue weighted by atomic mass is 10.1. The lowest BCUT2D eigenvalue weighted by molar-refractivity contribution is 0.0923. The molecule has 1 aromatic rings. The summed E-state index contributed by atoms with van der Waals surface area (Å²) in [5, 5.41) is 15.2. The maximum Gasteiger partial charge on any atom is 0.268 e. The van der Waals surface area contributed by atoms with E-state index in [2.05, 4.69) is 15.2 Å². The van der Waals surface area contributed by atoms with Crippen LogP contribution in [0.15, 0.2) is 18.3 Å². The van der Waals surface area contributed by atoms with Gasteiger partial charge in [-0.05, 0) is 57.8 Å². The lowest BCUT2D eigenvalue weighted by Crippen LogP contribution is -2.36. The first-order valence-electron chi connectivity index (χ1n) is 7.51. The number of rotatable bonds is 6. The molecule has 120 valence electrons. The third kappa shape index (κ3) is 5.02. The number of hydrogen-bond acceptors (Lipinski definition) is 3. The molecule has 1 amide bonds. The second-order valence-electron chi connectivity index (χ2n) is 5.52. The summed E-state index contributed by atoms with van der Waals surface area (Å²) in [5.41, 5.74) is 0.743. The molecular formula is C15H26ClN3O2. The Morgan fingerprint density at radius 2 is 2.24 bits per heavy atom. The van der Waals surface area contributed by atoms with Gasteiger partial charge in [-0.3, -0.25) is 4.79 Å². The molecule has 1 fully saturated rings. The largest absolute Gasteiger partial charge is 0.396 e. The molecule has 0 aliphatic carbocycles. The molecule has 0 spiro atoms. The van der Waals surface area contributed by atoms with Gasteiger partial charge in [0.05, 0.1) is 0 Å². The van der Waals surface area contributed by atoms with Crippen molar-refractivity contribution in [1.29, 1.82) is 0 Å². The normalized spacial score (nSPS) is 17.0. The molecule has 1 aromatic heterocycles. The molecule has 2 rings (SSSR count). The minimum atomic E-state index is -0.0148. The lowest BCUT2D eigenvalue weighted by Gasteiger charge is -2.26. The van der Waals surface area contributed by atoms with E-state index in [1.54, 1.807) is 0 Å². The Kier molecular flexibility index (Phi) is 7.78. The molecule has 1 atom stereocenters. The summed E-state index contributed by atoms with van der Waals surface area (Å²) in [4.78, 5) is 12.3. The number of nitrogens with zero attached hydrogens (tertiary/aromatic N) is 1. The van der Waals surface area contributed by atoms with E-state index < -0.39 is 0 Å². The molecule has 0 aromatic carbocycles. The monoisotopic (exact) mass is 315 g/mol. The van der Waals surface area contributed by atoms with Crippen molar-refractivity contribution in [3.8, 4) is 0 Å². The standard InChI is InChI=1S/C15H25N3O2.ClH/c1-12(4-3-11-19)17-15(20)14-5-2-10-18(14)13-6-8-16-9-7-13;/h2,5,10,12-13,16,19H,3-4,6-9,11H2,1H3,(H,17,20);1H. The van der Waals surface area contributed by atoms with Crippen molar-refractivity contribution in [3.63, 3.8) is 0 Å². The van der Waals surface area contributed by atoms with Gasteiger partial charge in [0.1, 0.15) is 5.69 Å². The Bertz CT molecular complexity index is 430. The molecule has 6 heteroatoms. The van der Waals surface area contributed by atoms with Gasteiger partial charge in [0, 0.05) is 24.9 Å². The molecule has 1 aliphatic rings. The van der Waals surface area contributed by atoms with Crippen LogP contribution in [-0.2, 0) is 0 Å². The molecular weight excluding hydrogens is 290 g/mol. The van der Waals surface area contributed by atoms with Gasteiger partial charge in [0.2, 0.25) is 0 Å². The number of nitrogens with one attached hydrogen (secondary N) is 2. The number of piperidine rings is 1. The Morgan fingerprint density at radius 1 is 1.52 bits per heavy atom. The maximum absolute atomic E-state index is 12.3. The van der Waals surface area contributed by atoms with E-state index in [0.717, 1.165) is 44.5 Å². The molecule has 1 aliphatic heterocycles. The fourth-order valence-electron chi connectivity index (χ4n) is 2.76. The van der Waals surface area contributed by atoms with Crippen molar-refractivity contribution >= 4 is 18.3 Å². The summed E-state index contributed by atoms with van der Waals surface area (Å²) in [6.45, 7) is 4.17. The van der Waals surface area contributed by atoms with Gasteiger partial charge < -0.3 is 20.3 Å². The van der Waals surface area contributed by atoms with Crippen LogP contribution in [0.4, 0.5) is 0 Å². The summed E-state index contributed by atoms with van der Waals surface area (Å²) >= 11 is 0. The fourth-order valence-corrected chi connectivity index (χ4v) is 2.76. The van der Waals surface area contributed by atoms with Gasteiger partial charge in [0.25, 0.3) is 5.91 Å². The third-order valence-electron chi connectivity index (χ3n) is 3.89. The number of carbonyl (C=O) groups is 1. The molecule has 1 unspecified atom stereocenters. The van der Waals surface area contributed by atoms with Crippen LogP contribution < -0.4 is 10.6 Å². The van der Waals surface area contributed by atoms with Gasteiger partial charge >= 0.3 is 0 Å². The molecule has 2 heterocycles. The van der Waals surface area contributed by atoms with Crippen LogP contribution in [0.2, 0.25) is 0 Å². The number of aliphatic hydroxyl groups is 1. The average Bonchev–Trinajstić information content (AvgIpc) is 2.95. The first-order chi connectivity index (χ1) is 9.72. The SMILES string of the molecule is CC(CCCO)NC(=O)c1cccn1C1CCNCC1.Cl. The minimum absolute atomic E-state index is 0. The molecule has 0 bridgehead atoms. The highest BCUT2D eigenvalue weighted by Gasteiger charge is 2.20. The van der Waals surface area contributed by atoms with Crippen LogP contribution in [0.25, 0.3) is 0 Å². The molecule has 21 heavy (non-hydrogen) atoms. The van der Waals surface area contributed by atoms with E-state index in [9.17, 15) is 4.79 Å². The Morgan fingerprint density at radius 3 is 2.90 bits per heavy atom. The maximum atomic E-state index is 12.3. The second-order valence-corrected chi connectivity index (χ2v) is 5.52. The van der Waals surface area contributed by atoms with Gasteiger partial charge in [-0.25, -0.2) is 0 Å². The van der Waals surface area contributed by atoms with Crippen molar-refractivity contribution in [1.82, 2.24) is 15.2 Å². The Hall–Kier alpha value is -1.04. The summed E-state index contributed by atoms with van der Waals surface area (Å²) in [7, 11) is 0. The summed E-state index contributed by atoms with van der Waals surface area (Å²) in [6, 6.07) is 4.33.